The Hall–Kier alpha value is -3.26. The summed E-state index contributed by atoms with van der Waals surface area (Å²) in [5.41, 5.74) is 4.11. The number of methoxy groups -OCH3 is 1. The zero-order valence-electron chi connectivity index (χ0n) is 24.3. The van der Waals surface area contributed by atoms with Crippen LogP contribution in [0.4, 0.5) is 5.82 Å². The molecule has 5 rings (SSSR count). The number of ether oxygens (including phenoxy) is 1. The molecule has 2 fully saturated rings. The lowest BCUT2D eigenvalue weighted by atomic mass is 9.79. The predicted molar refractivity (Wildman–Crippen MR) is 156 cm³/mol. The Kier molecular flexibility index (Phi) is 8.84. The molecule has 0 unspecified atom stereocenters. The lowest BCUT2D eigenvalue weighted by Gasteiger charge is -2.35. The molecule has 8 nitrogen and oxygen atoms in total. The van der Waals surface area contributed by atoms with E-state index in [0.29, 0.717) is 37.0 Å². The van der Waals surface area contributed by atoms with E-state index in [9.17, 15) is 9.90 Å². The average Bonchev–Trinajstić information content (AvgIpc) is 3.47. The summed E-state index contributed by atoms with van der Waals surface area (Å²) in [6.45, 7) is 6.88. The summed E-state index contributed by atoms with van der Waals surface area (Å²) in [6, 6.07) is 8.42. The van der Waals surface area contributed by atoms with Gasteiger partial charge in [0.2, 0.25) is 5.91 Å². The molecule has 214 valence electrons. The number of carbonyl (C=O) groups is 1. The van der Waals surface area contributed by atoms with Crippen LogP contribution in [0.25, 0.3) is 11.1 Å². The molecule has 0 radical (unpaired) electrons. The number of hydrogen-bond acceptors (Lipinski definition) is 6. The zero-order valence-corrected chi connectivity index (χ0v) is 24.3. The smallest absolute Gasteiger partial charge is 0.231 e. The Morgan fingerprint density at radius 1 is 1.07 bits per heavy atom. The summed E-state index contributed by atoms with van der Waals surface area (Å²) in [7, 11) is 1.68. The van der Waals surface area contributed by atoms with Crippen LogP contribution in [0.2, 0.25) is 0 Å². The second-order valence-electron chi connectivity index (χ2n) is 11.9. The first kappa shape index (κ1) is 28.3. The maximum absolute atomic E-state index is 14.0. The highest BCUT2D eigenvalue weighted by atomic mass is 16.5. The van der Waals surface area contributed by atoms with Gasteiger partial charge in [-0.1, -0.05) is 0 Å². The average molecular weight is 546 g/mol. The molecule has 0 aromatic carbocycles. The van der Waals surface area contributed by atoms with Gasteiger partial charge in [-0.15, -0.1) is 0 Å². The van der Waals surface area contributed by atoms with Gasteiger partial charge in [0.25, 0.3) is 0 Å². The first-order valence-electron chi connectivity index (χ1n) is 14.8. The molecule has 1 N–H and O–H groups in total. The summed E-state index contributed by atoms with van der Waals surface area (Å²) in [4.78, 5) is 25.4. The largest absolute Gasteiger partial charge is 0.495 e. The first-order chi connectivity index (χ1) is 19.3. The number of rotatable bonds is 8. The summed E-state index contributed by atoms with van der Waals surface area (Å²) in [5, 5.41) is 14.5. The molecule has 0 atom stereocenters. The fourth-order valence-corrected chi connectivity index (χ4v) is 6.26. The van der Waals surface area contributed by atoms with E-state index < -0.39 is 0 Å². The van der Waals surface area contributed by atoms with Crippen LogP contribution in [-0.4, -0.2) is 50.5 Å². The van der Waals surface area contributed by atoms with E-state index in [4.69, 9.17) is 14.7 Å². The van der Waals surface area contributed by atoms with E-state index in [-0.39, 0.29) is 24.0 Å². The Balaban J connectivity index is 1.33. The second kappa shape index (κ2) is 12.5. The van der Waals surface area contributed by atoms with Gasteiger partial charge < -0.3 is 9.84 Å². The minimum absolute atomic E-state index is 0.0691. The van der Waals surface area contributed by atoms with Crippen LogP contribution < -0.4 is 9.64 Å². The number of aliphatic hydroxyl groups excluding tert-OH is 1. The van der Waals surface area contributed by atoms with Gasteiger partial charge in [-0.25, -0.2) is 4.98 Å². The maximum atomic E-state index is 14.0. The molecule has 40 heavy (non-hydrogen) atoms. The van der Waals surface area contributed by atoms with E-state index in [2.05, 4.69) is 31.2 Å². The first-order valence-corrected chi connectivity index (χ1v) is 14.8. The molecule has 3 heterocycles. The quantitative estimate of drug-likeness (QED) is 0.368. The number of aromatic nitrogens is 4. The van der Waals surface area contributed by atoms with Gasteiger partial charge in [0.1, 0.15) is 11.6 Å². The third-order valence-electron chi connectivity index (χ3n) is 8.78. The van der Waals surface area contributed by atoms with Gasteiger partial charge in [0.15, 0.2) is 0 Å². The predicted octanol–water partition coefficient (Wildman–Crippen LogP) is 6.10. The van der Waals surface area contributed by atoms with Gasteiger partial charge in [-0.2, -0.15) is 5.10 Å². The zero-order chi connectivity index (χ0) is 28.2. The van der Waals surface area contributed by atoms with Crippen molar-refractivity contribution in [1.82, 2.24) is 19.7 Å². The number of anilines is 1. The molecular weight excluding hydrogens is 502 g/mol. The highest BCUT2D eigenvalue weighted by Crippen LogP contribution is 2.38. The van der Waals surface area contributed by atoms with Gasteiger partial charge in [-0.3, -0.25) is 19.4 Å². The fraction of sp³-hybridized carbons (Fsp3) is 0.562. The van der Waals surface area contributed by atoms with Crippen molar-refractivity contribution in [2.45, 2.75) is 90.2 Å². The molecular formula is C32H43N5O3. The van der Waals surface area contributed by atoms with Gasteiger partial charge in [-0.05, 0) is 108 Å². The lowest BCUT2D eigenvalue weighted by Crippen LogP contribution is -2.42. The summed E-state index contributed by atoms with van der Waals surface area (Å²) in [5.74, 6) is 2.45. The van der Waals surface area contributed by atoms with Crippen molar-refractivity contribution >= 4 is 11.7 Å². The van der Waals surface area contributed by atoms with Crippen molar-refractivity contribution in [3.05, 3.63) is 54.2 Å². The number of nitrogens with zero attached hydrogens (tertiary/aromatic N) is 5. The van der Waals surface area contributed by atoms with Gasteiger partial charge >= 0.3 is 0 Å². The fourth-order valence-electron chi connectivity index (χ4n) is 6.26. The summed E-state index contributed by atoms with van der Waals surface area (Å²) >= 11 is 0. The van der Waals surface area contributed by atoms with E-state index in [0.717, 1.165) is 66.8 Å². The standard InChI is InChI=1S/C32H43N5O3/c1-21(2)37-20-27(18-34-37)26-15-16-33-31(17-26)36(32(39)25-9-11-28(38)12-10-25)19-23-5-7-24(8-6-23)29-13-14-30(40-4)22(3)35-29/h13-18,20-21,23-25,28,38H,5-12,19H2,1-4H3. The van der Waals surface area contributed by atoms with E-state index >= 15 is 0 Å². The van der Waals surface area contributed by atoms with Crippen LogP contribution in [-0.2, 0) is 4.79 Å². The molecule has 1 amide bonds. The number of amides is 1. The Morgan fingerprint density at radius 2 is 1.82 bits per heavy atom. The van der Waals surface area contributed by atoms with Crippen molar-refractivity contribution < 1.29 is 14.6 Å². The molecule has 3 aromatic heterocycles. The minimum Gasteiger partial charge on any atom is -0.495 e. The van der Waals surface area contributed by atoms with Gasteiger partial charge in [0.05, 0.1) is 25.1 Å². The SMILES string of the molecule is COc1ccc(C2CCC(CN(C(=O)C3CCC(O)CC3)c3cc(-c4cnn(C(C)C)c4)ccn3)CC2)nc1C. The summed E-state index contributed by atoms with van der Waals surface area (Å²) < 4.78 is 7.34. The van der Waals surface area contributed by atoms with E-state index in [1.54, 1.807) is 13.3 Å². The number of pyridine rings is 2. The third-order valence-corrected chi connectivity index (χ3v) is 8.78. The Morgan fingerprint density at radius 3 is 2.48 bits per heavy atom. The van der Waals surface area contributed by atoms with Crippen molar-refractivity contribution in [1.29, 1.82) is 0 Å². The second-order valence-corrected chi connectivity index (χ2v) is 11.9. The Labute approximate surface area is 237 Å². The van der Waals surface area contributed by atoms with Crippen molar-refractivity contribution in [3.8, 4) is 16.9 Å². The number of hydrogen-bond donors (Lipinski definition) is 1. The normalized spacial score (nSPS) is 23.2. The highest BCUT2D eigenvalue weighted by Gasteiger charge is 2.33. The van der Waals surface area contributed by atoms with Crippen LogP contribution in [0.15, 0.2) is 42.9 Å². The minimum atomic E-state index is -0.290. The molecule has 0 saturated heterocycles. The highest BCUT2D eigenvalue weighted by molar-refractivity contribution is 5.94. The van der Waals surface area contributed by atoms with Crippen molar-refractivity contribution in [2.75, 3.05) is 18.6 Å². The number of aliphatic hydroxyl groups is 1. The maximum Gasteiger partial charge on any atom is 0.231 e. The molecule has 0 bridgehead atoms. The summed E-state index contributed by atoms with van der Waals surface area (Å²) in [6.07, 6.45) is 12.5. The number of carbonyl (C=O) groups excluding carboxylic acids is 1. The van der Waals surface area contributed by atoms with E-state index in [1.807, 2.05) is 40.9 Å². The molecule has 2 aliphatic rings. The molecule has 2 saturated carbocycles. The molecule has 8 heteroatoms. The topological polar surface area (TPSA) is 93.4 Å². The van der Waals surface area contributed by atoms with Gasteiger partial charge in [0, 0.05) is 48.1 Å². The van der Waals surface area contributed by atoms with Crippen LogP contribution >= 0.6 is 0 Å². The molecule has 0 spiro atoms. The van der Waals surface area contributed by atoms with Crippen molar-refractivity contribution in [2.24, 2.45) is 11.8 Å². The lowest BCUT2D eigenvalue weighted by molar-refractivity contribution is -0.124. The monoisotopic (exact) mass is 545 g/mol. The number of aryl methyl sites for hydroxylation is 1. The van der Waals surface area contributed by atoms with Crippen LogP contribution in [0.5, 0.6) is 5.75 Å². The Bertz CT molecular complexity index is 1290. The van der Waals surface area contributed by atoms with Crippen LogP contribution in [0, 0.1) is 18.8 Å². The molecule has 2 aliphatic carbocycles. The molecule has 0 aliphatic heterocycles. The van der Waals surface area contributed by atoms with E-state index in [1.165, 1.54) is 0 Å². The van der Waals surface area contributed by atoms with Crippen molar-refractivity contribution in [3.63, 3.8) is 0 Å². The van der Waals surface area contributed by atoms with Crippen LogP contribution in [0.1, 0.15) is 88.6 Å². The molecule has 3 aromatic rings. The van der Waals surface area contributed by atoms with Crippen LogP contribution in [0.3, 0.4) is 0 Å². The third kappa shape index (κ3) is 6.38.